The van der Waals surface area contributed by atoms with Crippen molar-refractivity contribution in [2.75, 3.05) is 13.7 Å². The first-order valence-electron chi connectivity index (χ1n) is 3.53. The number of rotatable bonds is 4. The van der Waals surface area contributed by atoms with Crippen molar-refractivity contribution in [1.82, 2.24) is 0 Å². The van der Waals surface area contributed by atoms with E-state index in [4.69, 9.17) is 4.74 Å². The van der Waals surface area contributed by atoms with E-state index in [1.165, 1.54) is 7.11 Å². The Morgan fingerprint density at radius 3 is 2.73 bits per heavy atom. The van der Waals surface area contributed by atoms with Gasteiger partial charge in [-0.05, 0) is 13.8 Å². The number of esters is 1. The molecule has 0 amide bonds. The van der Waals surface area contributed by atoms with E-state index in [1.54, 1.807) is 6.92 Å². The number of allylic oxidation sites excluding steroid dienone is 1. The second-order valence-corrected chi connectivity index (χ2v) is 2.07. The van der Waals surface area contributed by atoms with Crippen molar-refractivity contribution in [1.29, 1.82) is 0 Å². The number of carbonyl (C=O) groups excluding carboxylic acids is 1. The Morgan fingerprint density at radius 2 is 2.27 bits per heavy atom. The zero-order chi connectivity index (χ0) is 8.69. The fourth-order valence-corrected chi connectivity index (χ4v) is 0.530. The van der Waals surface area contributed by atoms with Crippen molar-refractivity contribution in [2.24, 2.45) is 0 Å². The molecule has 0 aliphatic carbocycles. The highest BCUT2D eigenvalue weighted by Gasteiger charge is 2.11. The maximum absolute atomic E-state index is 10.7. The molecule has 0 fully saturated rings. The Kier molecular flexibility index (Phi) is 5.47. The Morgan fingerprint density at radius 1 is 1.64 bits per heavy atom. The third kappa shape index (κ3) is 4.56. The molecule has 0 bridgehead atoms. The molecule has 0 aliphatic rings. The molecule has 3 nitrogen and oxygen atoms in total. The molecule has 64 valence electrons. The molecule has 0 spiro atoms. The predicted molar refractivity (Wildman–Crippen MR) is 42.2 cm³/mol. The highest BCUT2D eigenvalue weighted by atomic mass is 16.6. The third-order valence-electron chi connectivity index (χ3n) is 1.21. The molecular weight excluding hydrogens is 144 g/mol. The predicted octanol–water partition coefficient (Wildman–Crippen LogP) is 1.14. The molecule has 0 aromatic heterocycles. The van der Waals surface area contributed by atoms with E-state index in [0.717, 1.165) is 0 Å². The van der Waals surface area contributed by atoms with Crippen LogP contribution in [-0.4, -0.2) is 25.8 Å². The summed E-state index contributed by atoms with van der Waals surface area (Å²) in [4.78, 5) is 10.7. The van der Waals surface area contributed by atoms with Gasteiger partial charge in [-0.15, -0.1) is 0 Å². The lowest BCUT2D eigenvalue weighted by atomic mass is 10.4. The summed E-state index contributed by atoms with van der Waals surface area (Å²) in [5.74, 6) is -0.338. The minimum atomic E-state index is -0.476. The van der Waals surface area contributed by atoms with Crippen LogP contribution in [0.3, 0.4) is 0 Å². The molecule has 0 saturated heterocycles. The summed E-state index contributed by atoms with van der Waals surface area (Å²) >= 11 is 0. The van der Waals surface area contributed by atoms with Crippen molar-refractivity contribution >= 4 is 5.97 Å². The van der Waals surface area contributed by atoms with Crippen LogP contribution < -0.4 is 0 Å². The number of hydrogen-bond acceptors (Lipinski definition) is 3. The van der Waals surface area contributed by atoms with Gasteiger partial charge in [0.1, 0.15) is 0 Å². The molecule has 0 aromatic carbocycles. The fourth-order valence-electron chi connectivity index (χ4n) is 0.530. The van der Waals surface area contributed by atoms with E-state index >= 15 is 0 Å². The first-order valence-corrected chi connectivity index (χ1v) is 3.53. The highest BCUT2D eigenvalue weighted by Crippen LogP contribution is 1.93. The second-order valence-electron chi connectivity index (χ2n) is 2.07. The summed E-state index contributed by atoms with van der Waals surface area (Å²) in [5.41, 5.74) is 0. The molecule has 0 N–H and O–H groups in total. The van der Waals surface area contributed by atoms with Crippen LogP contribution in [0, 0.1) is 0 Å². The highest BCUT2D eigenvalue weighted by molar-refractivity contribution is 5.73. The minimum absolute atomic E-state index is 0.338. The van der Waals surface area contributed by atoms with Crippen LogP contribution in [0.15, 0.2) is 12.2 Å². The van der Waals surface area contributed by atoms with E-state index in [1.807, 2.05) is 19.1 Å². The van der Waals surface area contributed by atoms with E-state index in [0.29, 0.717) is 6.61 Å². The van der Waals surface area contributed by atoms with Crippen LogP contribution in [0.4, 0.5) is 0 Å². The fraction of sp³-hybridized carbons (Fsp3) is 0.625. The zero-order valence-electron chi connectivity index (χ0n) is 7.16. The van der Waals surface area contributed by atoms with Crippen molar-refractivity contribution in [3.63, 3.8) is 0 Å². The van der Waals surface area contributed by atoms with Crippen LogP contribution in [0.25, 0.3) is 0 Å². The summed E-state index contributed by atoms with van der Waals surface area (Å²) in [6.45, 7) is 4.01. The average molecular weight is 158 g/mol. The second kappa shape index (κ2) is 5.92. The molecule has 0 radical (unpaired) electrons. The van der Waals surface area contributed by atoms with Gasteiger partial charge in [-0.2, -0.15) is 0 Å². The summed E-state index contributed by atoms with van der Waals surface area (Å²) in [7, 11) is 1.35. The Balaban J connectivity index is 3.51. The van der Waals surface area contributed by atoms with Gasteiger partial charge in [-0.3, -0.25) is 0 Å². The average Bonchev–Trinajstić information content (AvgIpc) is 2.03. The van der Waals surface area contributed by atoms with Crippen LogP contribution in [-0.2, 0) is 14.3 Å². The van der Waals surface area contributed by atoms with Crippen molar-refractivity contribution in [3.8, 4) is 0 Å². The van der Waals surface area contributed by atoms with Gasteiger partial charge in [-0.1, -0.05) is 12.2 Å². The number of carbonyl (C=O) groups is 1. The monoisotopic (exact) mass is 158 g/mol. The van der Waals surface area contributed by atoms with Gasteiger partial charge in [-0.25, -0.2) is 4.79 Å². The maximum Gasteiger partial charge on any atom is 0.334 e. The van der Waals surface area contributed by atoms with Crippen LogP contribution in [0.5, 0.6) is 0 Å². The number of ether oxygens (including phenoxy) is 2. The largest absolute Gasteiger partial charge is 0.467 e. The lowest BCUT2D eigenvalue weighted by Crippen LogP contribution is -2.21. The first-order chi connectivity index (χ1) is 5.22. The van der Waals surface area contributed by atoms with Crippen molar-refractivity contribution < 1.29 is 14.3 Å². The molecule has 0 heterocycles. The van der Waals surface area contributed by atoms with Gasteiger partial charge in [0, 0.05) is 0 Å². The quantitative estimate of drug-likeness (QED) is 0.454. The normalized spacial score (nSPS) is 13.4. The molecule has 0 aliphatic heterocycles. The minimum Gasteiger partial charge on any atom is -0.467 e. The molecule has 0 saturated carbocycles. The summed E-state index contributed by atoms with van der Waals surface area (Å²) < 4.78 is 9.53. The van der Waals surface area contributed by atoms with E-state index in [2.05, 4.69) is 4.74 Å². The smallest absolute Gasteiger partial charge is 0.334 e. The SMILES string of the molecule is C/C=C/CO[C@H](C)C(=O)OC. The van der Waals surface area contributed by atoms with Gasteiger partial charge >= 0.3 is 5.97 Å². The Labute approximate surface area is 67.0 Å². The topological polar surface area (TPSA) is 35.5 Å². The van der Waals surface area contributed by atoms with Gasteiger partial charge in [0.2, 0.25) is 0 Å². The number of hydrogen-bond donors (Lipinski definition) is 0. The summed E-state index contributed by atoms with van der Waals surface area (Å²) in [6.07, 6.45) is 3.22. The van der Waals surface area contributed by atoms with Crippen molar-refractivity contribution in [2.45, 2.75) is 20.0 Å². The van der Waals surface area contributed by atoms with Gasteiger partial charge in [0.15, 0.2) is 6.10 Å². The molecule has 3 heteroatoms. The molecule has 1 atom stereocenters. The summed E-state index contributed by atoms with van der Waals surface area (Å²) in [6, 6.07) is 0. The molecular formula is C8H14O3. The van der Waals surface area contributed by atoms with Crippen LogP contribution in [0.1, 0.15) is 13.8 Å². The summed E-state index contributed by atoms with van der Waals surface area (Å²) in [5, 5.41) is 0. The van der Waals surface area contributed by atoms with E-state index < -0.39 is 6.10 Å². The van der Waals surface area contributed by atoms with E-state index in [9.17, 15) is 4.79 Å². The molecule has 11 heavy (non-hydrogen) atoms. The van der Waals surface area contributed by atoms with Gasteiger partial charge < -0.3 is 9.47 Å². The number of methoxy groups -OCH3 is 1. The van der Waals surface area contributed by atoms with Crippen LogP contribution in [0.2, 0.25) is 0 Å². The molecule has 0 unspecified atom stereocenters. The third-order valence-corrected chi connectivity index (χ3v) is 1.21. The van der Waals surface area contributed by atoms with Crippen molar-refractivity contribution in [3.05, 3.63) is 12.2 Å². The standard InChI is InChI=1S/C8H14O3/c1-4-5-6-11-7(2)8(9)10-3/h4-5,7H,6H2,1-3H3/b5-4+/t7-/m1/s1. The molecule has 0 aromatic rings. The Bertz CT molecular complexity index is 140. The van der Waals surface area contributed by atoms with Gasteiger partial charge in [0.05, 0.1) is 13.7 Å². The lowest BCUT2D eigenvalue weighted by molar-refractivity contribution is -0.152. The lowest BCUT2D eigenvalue weighted by Gasteiger charge is -2.07. The van der Waals surface area contributed by atoms with Crippen LogP contribution >= 0.6 is 0 Å². The van der Waals surface area contributed by atoms with Gasteiger partial charge in [0.25, 0.3) is 0 Å². The molecule has 0 rings (SSSR count). The van der Waals surface area contributed by atoms with E-state index in [-0.39, 0.29) is 5.97 Å². The zero-order valence-corrected chi connectivity index (χ0v) is 7.16. The Hall–Kier alpha value is -0.830. The maximum atomic E-state index is 10.7. The first kappa shape index (κ1) is 10.2.